The molecule has 0 radical (unpaired) electrons. The van der Waals surface area contributed by atoms with Gasteiger partial charge in [-0.1, -0.05) is 133 Å². The van der Waals surface area contributed by atoms with Gasteiger partial charge in [-0.3, -0.25) is 8.80 Å². The molecule has 0 bridgehead atoms. The first kappa shape index (κ1) is 35.7. The second-order valence-electron chi connectivity index (χ2n) is 16.0. The maximum absolute atomic E-state index is 4.97. The maximum Gasteiger partial charge on any atom is 0.207 e. The summed E-state index contributed by atoms with van der Waals surface area (Å²) in [5, 5.41) is 24.2. The van der Waals surface area contributed by atoms with Crippen LogP contribution in [0.15, 0.2) is 214 Å². The third-order valence-corrected chi connectivity index (χ3v) is 14.8. The number of aromatic nitrogens is 6. The van der Waals surface area contributed by atoms with Crippen LogP contribution in [-0.4, -0.2) is 29.2 Å². The number of fused-ring (bicyclic) bond motifs is 12. The van der Waals surface area contributed by atoms with E-state index in [2.05, 4.69) is 213 Å². The lowest BCUT2D eigenvalue weighted by atomic mass is 10.0. The van der Waals surface area contributed by atoms with Gasteiger partial charge in [0.05, 0.1) is 45.2 Å². The zero-order valence-corrected chi connectivity index (χ0v) is 35.5. The van der Waals surface area contributed by atoms with Crippen molar-refractivity contribution in [3.63, 3.8) is 0 Å². The van der Waals surface area contributed by atoms with Crippen molar-refractivity contribution in [3.05, 3.63) is 194 Å². The molecule has 0 atom stereocenters. The van der Waals surface area contributed by atoms with E-state index in [1.54, 1.807) is 0 Å². The summed E-state index contributed by atoms with van der Waals surface area (Å²) in [6.45, 7) is 0. The summed E-state index contributed by atoms with van der Waals surface area (Å²) in [6.07, 6.45) is 0. The largest absolute Gasteiger partial charge is 0.308 e. The van der Waals surface area contributed by atoms with Crippen molar-refractivity contribution in [3.8, 4) is 22.8 Å². The Balaban J connectivity index is 0.955. The fourth-order valence-corrected chi connectivity index (χ4v) is 11.9. The minimum Gasteiger partial charge on any atom is -0.308 e. The van der Waals surface area contributed by atoms with Crippen LogP contribution < -0.4 is 9.80 Å². The second-order valence-corrected chi connectivity index (χ2v) is 18.1. The van der Waals surface area contributed by atoms with E-state index < -0.39 is 0 Å². The maximum atomic E-state index is 4.97. The van der Waals surface area contributed by atoms with Gasteiger partial charge in [0.1, 0.15) is 0 Å². The zero-order valence-electron chi connectivity index (χ0n) is 33.9. The summed E-state index contributed by atoms with van der Waals surface area (Å²) in [4.78, 5) is 9.69. The summed E-state index contributed by atoms with van der Waals surface area (Å²) in [6, 6.07) is 69.1. The van der Waals surface area contributed by atoms with Crippen molar-refractivity contribution in [2.45, 2.75) is 19.6 Å². The number of nitrogens with zero attached hydrogens (tertiary/aromatic N) is 8. The Labute approximate surface area is 375 Å². The molecule has 5 heterocycles. The number of hydrogen-bond donors (Lipinski definition) is 0. The number of rotatable bonds is 4. The normalized spacial score (nSPS) is 13.1. The van der Waals surface area contributed by atoms with Crippen molar-refractivity contribution in [1.82, 2.24) is 29.2 Å². The molecule has 0 fully saturated rings. The molecule has 64 heavy (non-hydrogen) atoms. The van der Waals surface area contributed by atoms with Crippen LogP contribution in [0.2, 0.25) is 0 Å². The highest BCUT2D eigenvalue weighted by Crippen LogP contribution is 2.54. The van der Waals surface area contributed by atoms with Gasteiger partial charge in [0.15, 0.2) is 11.6 Å². The van der Waals surface area contributed by atoms with Gasteiger partial charge in [-0.2, -0.15) is 0 Å². The van der Waals surface area contributed by atoms with Crippen LogP contribution >= 0.6 is 23.5 Å². The molecule has 12 aromatic rings. The summed E-state index contributed by atoms with van der Waals surface area (Å²) in [5.74, 6) is 1.48. The fourth-order valence-electron chi connectivity index (χ4n) is 9.78. The van der Waals surface area contributed by atoms with Crippen LogP contribution in [0.5, 0.6) is 0 Å². The van der Waals surface area contributed by atoms with E-state index in [1.807, 2.05) is 23.5 Å². The first-order valence-electron chi connectivity index (χ1n) is 21.2. The van der Waals surface area contributed by atoms with E-state index in [0.29, 0.717) is 11.3 Å². The predicted molar refractivity (Wildman–Crippen MR) is 261 cm³/mol. The second kappa shape index (κ2) is 13.8. The van der Waals surface area contributed by atoms with Gasteiger partial charge >= 0.3 is 0 Å². The Hall–Kier alpha value is -7.92. The van der Waals surface area contributed by atoms with E-state index in [0.717, 1.165) is 89.5 Å². The highest BCUT2D eigenvalue weighted by atomic mass is 32.2. The summed E-state index contributed by atoms with van der Waals surface area (Å²) in [7, 11) is 0. The van der Waals surface area contributed by atoms with Gasteiger partial charge < -0.3 is 9.80 Å². The molecule has 0 N–H and O–H groups in total. The Bertz CT molecular complexity index is 3570. The van der Waals surface area contributed by atoms with Gasteiger partial charge in [0.25, 0.3) is 0 Å². The molecule has 2 aliphatic rings. The smallest absolute Gasteiger partial charge is 0.207 e. The lowest BCUT2D eigenvalue weighted by Gasteiger charge is -2.33. The van der Waals surface area contributed by atoms with Crippen LogP contribution in [-0.2, 0) is 0 Å². The van der Waals surface area contributed by atoms with Crippen LogP contribution in [0.1, 0.15) is 0 Å². The molecule has 2 aliphatic heterocycles. The lowest BCUT2D eigenvalue weighted by molar-refractivity contribution is 1.11. The molecule has 14 rings (SSSR count). The molecule has 0 saturated heterocycles. The predicted octanol–water partition coefficient (Wildman–Crippen LogP) is 14.4. The number of benzene rings is 9. The van der Waals surface area contributed by atoms with Gasteiger partial charge in [-0.25, -0.2) is 0 Å². The van der Waals surface area contributed by atoms with Crippen molar-refractivity contribution in [1.29, 1.82) is 0 Å². The molecule has 0 saturated carbocycles. The van der Waals surface area contributed by atoms with Gasteiger partial charge in [-0.15, -0.1) is 20.4 Å². The van der Waals surface area contributed by atoms with Crippen molar-refractivity contribution < 1.29 is 0 Å². The first-order valence-corrected chi connectivity index (χ1v) is 22.8. The standard InChI is InChI=1S/C54H32N8S2/c1-3-17-35-33(15-1)37(29-31-39(35)59-43-21-7-11-25-47(43)63-48-26-12-8-22-44(48)59)51-55-57-53-54-58-56-52(62(54)42-20-6-5-19-41(42)61(51)53)38-30-32-40(36-18-4-2-16-34(36)38)60-45-23-9-13-27-49(45)64-50-28-14-10-24-46(50)60/h1-32H. The highest BCUT2D eigenvalue weighted by Gasteiger charge is 2.29. The van der Waals surface area contributed by atoms with Crippen LogP contribution in [0.3, 0.4) is 0 Å². The zero-order chi connectivity index (χ0) is 41.9. The number of anilines is 6. The molecular formula is C54H32N8S2. The Morgan fingerprint density at radius 2 is 0.609 bits per heavy atom. The molecule has 300 valence electrons. The van der Waals surface area contributed by atoms with Crippen LogP contribution in [0.4, 0.5) is 34.1 Å². The number of hydrogen-bond acceptors (Lipinski definition) is 8. The molecule has 10 heteroatoms. The monoisotopic (exact) mass is 856 g/mol. The van der Waals surface area contributed by atoms with Crippen LogP contribution in [0, 0.1) is 0 Å². The van der Waals surface area contributed by atoms with Crippen LogP contribution in [0.25, 0.3) is 66.6 Å². The summed E-state index contributed by atoms with van der Waals surface area (Å²) in [5.41, 5.74) is 12.0. The highest BCUT2D eigenvalue weighted by molar-refractivity contribution is 8.00. The third-order valence-electron chi connectivity index (χ3n) is 12.5. The summed E-state index contributed by atoms with van der Waals surface area (Å²) >= 11 is 3.63. The van der Waals surface area contributed by atoms with E-state index in [9.17, 15) is 0 Å². The van der Waals surface area contributed by atoms with Crippen molar-refractivity contribution in [2.75, 3.05) is 9.80 Å². The molecular weight excluding hydrogens is 825 g/mol. The first-order chi connectivity index (χ1) is 31.8. The van der Waals surface area contributed by atoms with Gasteiger partial charge in [0, 0.05) is 41.5 Å². The quantitative estimate of drug-likeness (QED) is 0.173. The molecule has 9 aromatic carbocycles. The fraction of sp³-hybridized carbons (Fsp3) is 0. The molecule has 0 amide bonds. The average molecular weight is 857 g/mol. The van der Waals surface area contributed by atoms with E-state index in [4.69, 9.17) is 20.4 Å². The molecule has 3 aromatic heterocycles. The number of para-hydroxylation sites is 6. The minimum atomic E-state index is 0.636. The average Bonchev–Trinajstić information content (AvgIpc) is 4.01. The Morgan fingerprint density at radius 3 is 1.00 bits per heavy atom. The van der Waals surface area contributed by atoms with E-state index in [1.165, 1.54) is 19.6 Å². The lowest BCUT2D eigenvalue weighted by Crippen LogP contribution is -2.15. The minimum absolute atomic E-state index is 0.636. The molecule has 8 nitrogen and oxygen atoms in total. The van der Waals surface area contributed by atoms with Gasteiger partial charge in [0.2, 0.25) is 11.3 Å². The van der Waals surface area contributed by atoms with Gasteiger partial charge in [-0.05, 0) is 95.7 Å². The molecule has 0 unspecified atom stereocenters. The Kier molecular flexibility index (Phi) is 7.68. The summed E-state index contributed by atoms with van der Waals surface area (Å²) < 4.78 is 4.30. The van der Waals surface area contributed by atoms with E-state index >= 15 is 0 Å². The van der Waals surface area contributed by atoms with Crippen molar-refractivity contribution in [2.24, 2.45) is 0 Å². The SMILES string of the molecule is c1ccc2c(c1)Sc1ccccc1N2c1ccc(-c2nnc3c4nnc(-c5ccc(N6c7ccccc7Sc7ccccc76)c6ccccc56)n4c4ccccc4n23)c2ccccc12. The molecule has 0 spiro atoms. The van der Waals surface area contributed by atoms with E-state index in [-0.39, 0.29) is 0 Å². The Morgan fingerprint density at radius 1 is 0.281 bits per heavy atom. The topological polar surface area (TPSA) is 66.9 Å². The molecule has 0 aliphatic carbocycles. The third kappa shape index (κ3) is 5.09. The van der Waals surface area contributed by atoms with Crippen molar-refractivity contribution >= 4 is 102 Å².